The zero-order valence-corrected chi connectivity index (χ0v) is 42.0. The number of hydrogen-bond acceptors (Lipinski definition) is 19. The quantitative estimate of drug-likeness (QED) is 0.0682. The van der Waals surface area contributed by atoms with Crippen molar-refractivity contribution in [3.05, 3.63) is 11.6 Å². The lowest BCUT2D eigenvalue weighted by Gasteiger charge is -2.72. The van der Waals surface area contributed by atoms with E-state index in [0.29, 0.717) is 51.4 Å². The molecule has 7 aliphatic rings. The van der Waals surface area contributed by atoms with Crippen LogP contribution in [0.2, 0.25) is 0 Å². The number of rotatable bonds is 13. The maximum absolute atomic E-state index is 12.8. The standard InChI is InChI=1S/C50H84O19/c1-22(2)12-11-15-50(10,69-44-38(61)35(58)33(56)28(20-51)66-44)25-13-17-48(8)32(25)26(54)18-30-47(7)16-14-31(55)46(5,6)42(47)27(19-49(30,48)9)65-45-41(36(59)34(57)29(21-52)67-45)68-43-39(62)37(60)40(23(3)63-43)64-24(4)53/h12,23,25-45,51-52,54-62H,11,13-21H2,1-10H3/t23-,25-,26+,27-,28+,29+,30+,31-,32-,33+,34+,35-,36-,37-,38+,39+,40-,41+,42-,43-,44-,45+,47+,48+,49+,50-/m0/s1. The van der Waals surface area contributed by atoms with Gasteiger partial charge in [-0.2, -0.15) is 0 Å². The van der Waals surface area contributed by atoms with E-state index in [1.807, 2.05) is 34.6 Å². The first-order chi connectivity index (χ1) is 32.1. The Hall–Kier alpha value is -1.47. The topological polar surface area (TPSA) is 304 Å². The summed E-state index contributed by atoms with van der Waals surface area (Å²) in [4.78, 5) is 11.8. The predicted octanol–water partition coefficient (Wildman–Crippen LogP) is 0.542. The first kappa shape index (κ1) is 55.3. The largest absolute Gasteiger partial charge is 0.457 e. The Kier molecular flexibility index (Phi) is 16.3. The normalized spacial score (nSPS) is 51.6. The first-order valence-electron chi connectivity index (χ1n) is 25.2. The van der Waals surface area contributed by atoms with Crippen molar-refractivity contribution in [1.29, 1.82) is 0 Å². The molecule has 0 aromatic rings. The molecule has 0 radical (unpaired) electrons. The second kappa shape index (κ2) is 20.3. The van der Waals surface area contributed by atoms with Crippen LogP contribution in [0.1, 0.15) is 121 Å². The summed E-state index contributed by atoms with van der Waals surface area (Å²) in [6, 6.07) is 0. The van der Waals surface area contributed by atoms with Crippen molar-refractivity contribution < 1.29 is 94.1 Å². The number of carbonyl (C=O) groups is 1. The zero-order valence-electron chi connectivity index (χ0n) is 42.0. The second-order valence-electron chi connectivity index (χ2n) is 23.6. The molecule has 69 heavy (non-hydrogen) atoms. The molecule has 4 saturated carbocycles. The summed E-state index contributed by atoms with van der Waals surface area (Å²) in [5.74, 6) is -1.88. The van der Waals surface area contributed by atoms with Gasteiger partial charge in [-0.1, -0.05) is 46.3 Å². The number of carbonyl (C=O) groups excluding carboxylic acids is 1. The molecule has 7 fully saturated rings. The fourth-order valence-corrected chi connectivity index (χ4v) is 15.2. The van der Waals surface area contributed by atoms with Crippen LogP contribution in [-0.4, -0.2) is 191 Å². The van der Waals surface area contributed by atoms with Gasteiger partial charge in [0.1, 0.15) is 61.0 Å². The summed E-state index contributed by atoms with van der Waals surface area (Å²) >= 11 is 0. The van der Waals surface area contributed by atoms with Crippen LogP contribution in [0.4, 0.5) is 0 Å². The van der Waals surface area contributed by atoms with Crippen LogP contribution < -0.4 is 0 Å². The molecule has 0 amide bonds. The van der Waals surface area contributed by atoms with Gasteiger partial charge in [0, 0.05) is 6.92 Å². The molecule has 0 aromatic carbocycles. The van der Waals surface area contributed by atoms with E-state index in [0.717, 1.165) is 12.5 Å². The molecule has 19 nitrogen and oxygen atoms in total. The van der Waals surface area contributed by atoms with Gasteiger partial charge >= 0.3 is 5.97 Å². The number of esters is 1. The monoisotopic (exact) mass is 989 g/mol. The Balaban J connectivity index is 1.26. The van der Waals surface area contributed by atoms with Crippen LogP contribution >= 0.6 is 0 Å². The van der Waals surface area contributed by atoms with Gasteiger partial charge in [-0.3, -0.25) is 4.79 Å². The molecular weight excluding hydrogens is 905 g/mol. The SMILES string of the molecule is CC(=O)O[C@@H]1[C@@H](O)[C@@H](O)[C@H](O[C@H]2[C@H](O[C@H]3C[C@]4(C)[C@H](C[C@@H](O)[C@@H]5[C@@H]([C@](C)(CCC=C(C)C)O[C@@H]6O[C@H](CO)[C@@H](O)[C@H](O)[C@H]6O)CC[C@]54C)[C@@]4(C)CC[C@H](O)C(C)(C)[C@H]34)O[C@H](CO)[C@@H](O)[C@@H]2O)O[C@H]1C. The maximum atomic E-state index is 12.8. The minimum atomic E-state index is -1.78. The van der Waals surface area contributed by atoms with Crippen molar-refractivity contribution in [1.82, 2.24) is 0 Å². The van der Waals surface area contributed by atoms with Crippen molar-refractivity contribution in [2.24, 2.45) is 45.3 Å². The number of allylic oxidation sites excluding steroid dienone is 2. The van der Waals surface area contributed by atoms with E-state index in [4.69, 9.17) is 33.2 Å². The second-order valence-corrected chi connectivity index (χ2v) is 23.6. The molecule has 3 heterocycles. The van der Waals surface area contributed by atoms with Gasteiger partial charge < -0.3 is 89.3 Å². The van der Waals surface area contributed by atoms with Gasteiger partial charge in [-0.25, -0.2) is 0 Å². The van der Waals surface area contributed by atoms with E-state index in [9.17, 15) is 61.0 Å². The average Bonchev–Trinajstić information content (AvgIpc) is 3.66. The first-order valence-corrected chi connectivity index (χ1v) is 25.2. The third-order valence-corrected chi connectivity index (χ3v) is 18.9. The van der Waals surface area contributed by atoms with E-state index in [-0.39, 0.29) is 23.7 Å². The summed E-state index contributed by atoms with van der Waals surface area (Å²) in [7, 11) is 0. The molecule has 0 unspecified atom stereocenters. The lowest BCUT2D eigenvalue weighted by Crippen LogP contribution is -2.71. The average molecular weight is 989 g/mol. The molecule has 0 spiro atoms. The molecule has 19 heteroatoms. The van der Waals surface area contributed by atoms with Crippen LogP contribution in [0, 0.1) is 45.3 Å². The van der Waals surface area contributed by atoms with E-state index in [1.165, 1.54) is 6.92 Å². The Bertz CT molecular complexity index is 1810. The van der Waals surface area contributed by atoms with Gasteiger partial charge in [0.2, 0.25) is 0 Å². The number of ether oxygens (including phenoxy) is 7. The minimum Gasteiger partial charge on any atom is -0.457 e. The highest BCUT2D eigenvalue weighted by Gasteiger charge is 2.74. The van der Waals surface area contributed by atoms with Crippen LogP contribution in [0.15, 0.2) is 11.6 Å². The third kappa shape index (κ3) is 9.53. The predicted molar refractivity (Wildman–Crippen MR) is 243 cm³/mol. The van der Waals surface area contributed by atoms with E-state index < -0.39 is 157 Å². The highest BCUT2D eigenvalue weighted by Crippen LogP contribution is 2.76. The number of aliphatic hydroxyl groups excluding tert-OH is 11. The molecule has 11 N–H and O–H groups in total. The van der Waals surface area contributed by atoms with E-state index in [1.54, 1.807) is 0 Å². The molecule has 0 aromatic heterocycles. The summed E-state index contributed by atoms with van der Waals surface area (Å²) < 4.78 is 43.6. The Morgan fingerprint density at radius 3 is 1.91 bits per heavy atom. The van der Waals surface area contributed by atoms with Gasteiger partial charge in [0.15, 0.2) is 25.0 Å². The Morgan fingerprint density at radius 1 is 0.710 bits per heavy atom. The summed E-state index contributed by atoms with van der Waals surface area (Å²) in [5.41, 5.74) is -2.51. The number of hydrogen-bond donors (Lipinski definition) is 11. The molecule has 0 bridgehead atoms. The van der Waals surface area contributed by atoms with Crippen molar-refractivity contribution >= 4 is 5.97 Å². The van der Waals surface area contributed by atoms with Crippen LogP contribution in [0.25, 0.3) is 0 Å². The smallest absolute Gasteiger partial charge is 0.303 e. The van der Waals surface area contributed by atoms with Crippen molar-refractivity contribution in [2.75, 3.05) is 13.2 Å². The van der Waals surface area contributed by atoms with Crippen LogP contribution in [0.5, 0.6) is 0 Å². The van der Waals surface area contributed by atoms with Gasteiger partial charge in [-0.15, -0.1) is 0 Å². The highest BCUT2D eigenvalue weighted by molar-refractivity contribution is 5.66. The fraction of sp³-hybridized carbons (Fsp3) is 0.940. The molecule has 26 atom stereocenters. The lowest BCUT2D eigenvalue weighted by molar-refractivity contribution is -0.382. The third-order valence-electron chi connectivity index (χ3n) is 18.9. The summed E-state index contributed by atoms with van der Waals surface area (Å²) in [6.45, 7) is 18.0. The zero-order chi connectivity index (χ0) is 51.1. The summed E-state index contributed by atoms with van der Waals surface area (Å²) in [5, 5.41) is 123. The van der Waals surface area contributed by atoms with E-state index in [2.05, 4.69) is 26.8 Å². The fourth-order valence-electron chi connectivity index (χ4n) is 15.2. The number of fused-ring (bicyclic) bond motifs is 5. The molecule has 3 aliphatic heterocycles. The van der Waals surface area contributed by atoms with Crippen LogP contribution in [0.3, 0.4) is 0 Å². The van der Waals surface area contributed by atoms with Crippen molar-refractivity contribution in [2.45, 2.75) is 237 Å². The molecule has 3 saturated heterocycles. The highest BCUT2D eigenvalue weighted by atomic mass is 16.8. The molecule has 398 valence electrons. The van der Waals surface area contributed by atoms with E-state index >= 15 is 0 Å². The van der Waals surface area contributed by atoms with Crippen LogP contribution in [-0.2, 0) is 38.0 Å². The number of aliphatic hydroxyl groups is 11. The molecule has 4 aliphatic carbocycles. The van der Waals surface area contributed by atoms with Crippen molar-refractivity contribution in [3.63, 3.8) is 0 Å². The minimum absolute atomic E-state index is 0.101. The molecule has 7 rings (SSSR count). The van der Waals surface area contributed by atoms with Gasteiger partial charge in [-0.05, 0) is 124 Å². The maximum Gasteiger partial charge on any atom is 0.303 e. The van der Waals surface area contributed by atoms with Gasteiger partial charge in [0.05, 0.1) is 43.2 Å². The Labute approximate surface area is 406 Å². The van der Waals surface area contributed by atoms with Crippen molar-refractivity contribution in [3.8, 4) is 0 Å². The Morgan fingerprint density at radius 2 is 1.30 bits per heavy atom. The van der Waals surface area contributed by atoms with Gasteiger partial charge in [0.25, 0.3) is 0 Å². The summed E-state index contributed by atoms with van der Waals surface area (Å²) in [6.07, 6.45) is -18.5. The molecular formula is C50H84O19. The lowest BCUT2D eigenvalue weighted by atomic mass is 9.34.